The van der Waals surface area contributed by atoms with Crippen LogP contribution in [0.5, 0.6) is 0 Å². The number of aromatic nitrogens is 2. The second-order valence-electron chi connectivity index (χ2n) is 7.94. The number of nitrogens with zero attached hydrogens (tertiary/aromatic N) is 3. The van der Waals surface area contributed by atoms with Gasteiger partial charge in [-0.05, 0) is 75.6 Å². The highest BCUT2D eigenvalue weighted by Gasteiger charge is 2.24. The van der Waals surface area contributed by atoms with Gasteiger partial charge in [0, 0.05) is 28.7 Å². The summed E-state index contributed by atoms with van der Waals surface area (Å²) in [6.45, 7) is 4.93. The van der Waals surface area contributed by atoms with Crippen LogP contribution < -0.4 is 0 Å². The third-order valence-electron chi connectivity index (χ3n) is 5.76. The number of hydrogen-bond donors (Lipinski definition) is 0. The number of hydrogen-bond acceptors (Lipinski definition) is 4. The lowest BCUT2D eigenvalue weighted by Crippen LogP contribution is -2.42. The average Bonchev–Trinajstić information content (AvgIpc) is 3.25. The molecule has 2 aromatic carbocycles. The first-order chi connectivity index (χ1) is 15.5. The van der Waals surface area contributed by atoms with Crippen molar-refractivity contribution in [1.29, 1.82) is 0 Å². The van der Waals surface area contributed by atoms with E-state index in [0.717, 1.165) is 36.3 Å². The summed E-state index contributed by atoms with van der Waals surface area (Å²) in [6.07, 6.45) is 3.25. The second-order valence-corrected chi connectivity index (χ2v) is 8.38. The first-order valence-corrected chi connectivity index (χ1v) is 11.3. The van der Waals surface area contributed by atoms with Crippen LogP contribution >= 0.6 is 11.6 Å². The number of benzene rings is 2. The van der Waals surface area contributed by atoms with Crippen molar-refractivity contribution in [3.63, 3.8) is 0 Å². The van der Waals surface area contributed by atoms with Gasteiger partial charge in [-0.1, -0.05) is 23.7 Å². The van der Waals surface area contributed by atoms with E-state index < -0.39 is 5.97 Å². The molecule has 166 valence electrons. The summed E-state index contributed by atoms with van der Waals surface area (Å²) >= 11 is 6.04. The molecule has 4 rings (SSSR count). The molecule has 1 saturated heterocycles. The van der Waals surface area contributed by atoms with Gasteiger partial charge in [0.1, 0.15) is 0 Å². The van der Waals surface area contributed by atoms with Gasteiger partial charge in [-0.3, -0.25) is 4.79 Å². The summed E-state index contributed by atoms with van der Waals surface area (Å²) < 4.78 is 6.82. The number of rotatable bonds is 5. The van der Waals surface area contributed by atoms with Gasteiger partial charge in [-0.15, -0.1) is 0 Å². The van der Waals surface area contributed by atoms with E-state index in [-0.39, 0.29) is 24.2 Å². The van der Waals surface area contributed by atoms with Crippen LogP contribution in [-0.2, 0) is 4.74 Å². The Hall–Kier alpha value is -3.12. The zero-order valence-electron chi connectivity index (χ0n) is 18.3. The minimum Gasteiger partial charge on any atom is -0.461 e. The van der Waals surface area contributed by atoms with E-state index in [4.69, 9.17) is 16.3 Å². The quantitative estimate of drug-likeness (QED) is 0.488. The molecule has 1 atom stereocenters. The first kappa shape index (κ1) is 22.1. The summed E-state index contributed by atoms with van der Waals surface area (Å²) in [5.74, 6) is -0.429. The maximum absolute atomic E-state index is 13.0. The molecule has 1 amide bonds. The molecule has 0 aliphatic carbocycles. The summed E-state index contributed by atoms with van der Waals surface area (Å²) in [6, 6.07) is 16.6. The first-order valence-electron chi connectivity index (χ1n) is 10.9. The molecular weight excluding hydrogens is 426 g/mol. The van der Waals surface area contributed by atoms with E-state index in [1.807, 2.05) is 41.3 Å². The lowest BCUT2D eigenvalue weighted by molar-refractivity contribution is 0.0518. The molecule has 0 spiro atoms. The van der Waals surface area contributed by atoms with Crippen LogP contribution in [0.1, 0.15) is 54.0 Å². The molecule has 32 heavy (non-hydrogen) atoms. The van der Waals surface area contributed by atoms with Crippen LogP contribution in [0.25, 0.3) is 16.9 Å². The topological polar surface area (TPSA) is 64.4 Å². The normalized spacial score (nSPS) is 16.1. The van der Waals surface area contributed by atoms with E-state index >= 15 is 0 Å². The van der Waals surface area contributed by atoms with Crippen LogP contribution in [-0.4, -0.2) is 45.8 Å². The molecule has 1 aliphatic heterocycles. The van der Waals surface area contributed by atoms with Crippen LogP contribution in [0.4, 0.5) is 0 Å². The van der Waals surface area contributed by atoms with Crippen molar-refractivity contribution in [2.45, 2.75) is 39.2 Å². The molecule has 1 fully saturated rings. The SMILES string of the molecule is CCOC(=O)c1cc(-c2ccc(Cl)cc2)n(-c2ccc(C(=O)N3CCCCC3C)cc2)n1. The highest BCUT2D eigenvalue weighted by atomic mass is 35.5. The Morgan fingerprint density at radius 1 is 1.09 bits per heavy atom. The Kier molecular flexibility index (Phi) is 6.61. The molecule has 1 aliphatic rings. The molecule has 7 heteroatoms. The van der Waals surface area contributed by atoms with Crippen molar-refractivity contribution in [2.24, 2.45) is 0 Å². The molecule has 1 unspecified atom stereocenters. The zero-order chi connectivity index (χ0) is 22.7. The fourth-order valence-electron chi connectivity index (χ4n) is 4.02. The zero-order valence-corrected chi connectivity index (χ0v) is 19.0. The van der Waals surface area contributed by atoms with E-state index in [2.05, 4.69) is 12.0 Å². The number of amides is 1. The Balaban J connectivity index is 1.68. The number of ether oxygens (including phenoxy) is 1. The third-order valence-corrected chi connectivity index (χ3v) is 6.01. The standard InChI is InChI=1S/C25H26ClN3O3/c1-3-32-25(31)22-16-23(18-7-11-20(26)12-8-18)29(27-22)21-13-9-19(10-14-21)24(30)28-15-5-4-6-17(28)2/h7-14,16-17H,3-6,15H2,1-2H3. The number of piperidine rings is 1. The lowest BCUT2D eigenvalue weighted by Gasteiger charge is -2.33. The largest absolute Gasteiger partial charge is 0.461 e. The molecular formula is C25H26ClN3O3. The molecule has 0 bridgehead atoms. The van der Waals surface area contributed by atoms with Gasteiger partial charge in [-0.2, -0.15) is 5.10 Å². The monoisotopic (exact) mass is 451 g/mol. The van der Waals surface area contributed by atoms with Crippen LogP contribution in [0.2, 0.25) is 5.02 Å². The molecule has 0 saturated carbocycles. The van der Waals surface area contributed by atoms with Crippen molar-refractivity contribution in [2.75, 3.05) is 13.2 Å². The van der Waals surface area contributed by atoms with Crippen LogP contribution in [0.15, 0.2) is 54.6 Å². The predicted molar refractivity (Wildman–Crippen MR) is 124 cm³/mol. The number of carbonyl (C=O) groups is 2. The second kappa shape index (κ2) is 9.57. The summed E-state index contributed by atoms with van der Waals surface area (Å²) in [4.78, 5) is 27.2. The minimum atomic E-state index is -0.479. The molecule has 6 nitrogen and oxygen atoms in total. The molecule has 1 aromatic heterocycles. The average molecular weight is 452 g/mol. The number of halogens is 1. The van der Waals surface area contributed by atoms with Crippen molar-refractivity contribution in [3.05, 3.63) is 70.9 Å². The molecule has 2 heterocycles. The Labute approximate surface area is 192 Å². The fourth-order valence-corrected chi connectivity index (χ4v) is 4.15. The van der Waals surface area contributed by atoms with Crippen molar-refractivity contribution < 1.29 is 14.3 Å². The number of likely N-dealkylation sites (tertiary alicyclic amines) is 1. The lowest BCUT2D eigenvalue weighted by atomic mass is 10.0. The molecule has 0 radical (unpaired) electrons. The van der Waals surface area contributed by atoms with Gasteiger partial charge < -0.3 is 9.64 Å². The summed E-state index contributed by atoms with van der Waals surface area (Å²) in [7, 11) is 0. The smallest absolute Gasteiger partial charge is 0.358 e. The fraction of sp³-hybridized carbons (Fsp3) is 0.320. The molecule has 3 aromatic rings. The van der Waals surface area contributed by atoms with Crippen LogP contribution in [0.3, 0.4) is 0 Å². The Morgan fingerprint density at radius 2 is 1.81 bits per heavy atom. The molecule has 0 N–H and O–H groups in total. The summed E-state index contributed by atoms with van der Waals surface area (Å²) in [5, 5.41) is 5.11. The van der Waals surface area contributed by atoms with Crippen molar-refractivity contribution in [3.8, 4) is 16.9 Å². The highest BCUT2D eigenvalue weighted by molar-refractivity contribution is 6.30. The van der Waals surface area contributed by atoms with Gasteiger partial charge in [0.05, 0.1) is 18.0 Å². The van der Waals surface area contributed by atoms with Gasteiger partial charge in [0.15, 0.2) is 5.69 Å². The van der Waals surface area contributed by atoms with Gasteiger partial charge in [0.2, 0.25) is 0 Å². The van der Waals surface area contributed by atoms with Gasteiger partial charge >= 0.3 is 5.97 Å². The van der Waals surface area contributed by atoms with E-state index in [1.165, 1.54) is 6.42 Å². The van der Waals surface area contributed by atoms with E-state index in [9.17, 15) is 9.59 Å². The van der Waals surface area contributed by atoms with Gasteiger partial charge in [0.25, 0.3) is 5.91 Å². The van der Waals surface area contributed by atoms with Gasteiger partial charge in [-0.25, -0.2) is 9.48 Å². The Bertz CT molecular complexity index is 1110. The van der Waals surface area contributed by atoms with E-state index in [0.29, 0.717) is 10.6 Å². The van der Waals surface area contributed by atoms with Crippen molar-refractivity contribution in [1.82, 2.24) is 14.7 Å². The predicted octanol–water partition coefficient (Wildman–Crippen LogP) is 5.38. The maximum Gasteiger partial charge on any atom is 0.358 e. The third kappa shape index (κ3) is 4.55. The maximum atomic E-state index is 13.0. The number of esters is 1. The van der Waals surface area contributed by atoms with Crippen LogP contribution in [0, 0.1) is 0 Å². The summed E-state index contributed by atoms with van der Waals surface area (Å²) in [5.41, 5.74) is 3.20. The minimum absolute atomic E-state index is 0.0503. The number of carbonyl (C=O) groups excluding carboxylic acids is 2. The van der Waals surface area contributed by atoms with Crippen molar-refractivity contribution >= 4 is 23.5 Å². The highest BCUT2D eigenvalue weighted by Crippen LogP contribution is 2.27. The Morgan fingerprint density at radius 3 is 2.47 bits per heavy atom. The van der Waals surface area contributed by atoms with E-state index in [1.54, 1.807) is 29.8 Å².